The van der Waals surface area contributed by atoms with Crippen molar-refractivity contribution < 1.29 is 0 Å². The second-order valence-electron chi connectivity index (χ2n) is 3.78. The Kier molecular flexibility index (Phi) is 2.73. The second-order valence-corrected chi connectivity index (χ2v) is 4.95. The molecule has 1 aromatic heterocycles. The van der Waals surface area contributed by atoms with Gasteiger partial charge in [-0.2, -0.15) is 0 Å². The monoisotopic (exact) mass is 283 g/mol. The van der Waals surface area contributed by atoms with Crippen LogP contribution in [-0.2, 0) is 0 Å². The molecule has 0 saturated heterocycles. The molecular weight excluding hydrogens is 273 g/mol. The molecule has 0 radical (unpaired) electrons. The van der Waals surface area contributed by atoms with Gasteiger partial charge in [0.05, 0.1) is 10.5 Å². The summed E-state index contributed by atoms with van der Waals surface area (Å²) < 4.78 is 1.11. The van der Waals surface area contributed by atoms with Crippen LogP contribution in [0, 0.1) is 20.8 Å². The van der Waals surface area contributed by atoms with Gasteiger partial charge in [0.15, 0.2) is 0 Å². The van der Waals surface area contributed by atoms with Crippen molar-refractivity contribution in [2.75, 3.05) is 0 Å². The Morgan fingerprint density at radius 3 is 2.53 bits per heavy atom. The maximum Gasteiger partial charge on any atom is 0.0757 e. The molecule has 15 heavy (non-hydrogen) atoms. The fraction of sp³-hybridized carbons (Fsp3) is 0.250. The predicted molar refractivity (Wildman–Crippen MR) is 68.7 cm³/mol. The molecule has 78 valence electrons. The summed E-state index contributed by atoms with van der Waals surface area (Å²) in [6.45, 7) is 6.09. The van der Waals surface area contributed by atoms with Gasteiger partial charge in [0.25, 0.3) is 0 Å². The first-order valence-electron chi connectivity index (χ1n) is 4.73. The summed E-state index contributed by atoms with van der Waals surface area (Å²) in [7, 11) is 0. The maximum absolute atomic E-state index is 6.27. The summed E-state index contributed by atoms with van der Waals surface area (Å²) in [4.78, 5) is 4.43. The van der Waals surface area contributed by atoms with E-state index in [2.05, 4.69) is 40.8 Å². The van der Waals surface area contributed by atoms with E-state index in [-0.39, 0.29) is 0 Å². The van der Waals surface area contributed by atoms with Crippen LogP contribution >= 0.6 is 27.5 Å². The Morgan fingerprint density at radius 2 is 1.87 bits per heavy atom. The van der Waals surface area contributed by atoms with E-state index in [1.54, 1.807) is 0 Å². The summed E-state index contributed by atoms with van der Waals surface area (Å²) >= 11 is 9.83. The molecular formula is C12H11BrClN. The van der Waals surface area contributed by atoms with Gasteiger partial charge < -0.3 is 0 Å². The molecule has 2 rings (SSSR count). The molecule has 0 N–H and O–H groups in total. The smallest absolute Gasteiger partial charge is 0.0757 e. The van der Waals surface area contributed by atoms with Crippen molar-refractivity contribution in [3.05, 3.63) is 38.4 Å². The number of halogens is 2. The van der Waals surface area contributed by atoms with Crippen LogP contribution < -0.4 is 0 Å². The van der Waals surface area contributed by atoms with E-state index in [9.17, 15) is 0 Å². The lowest BCUT2D eigenvalue weighted by Crippen LogP contribution is -1.90. The van der Waals surface area contributed by atoms with Gasteiger partial charge in [0.2, 0.25) is 0 Å². The molecule has 0 bridgehead atoms. The van der Waals surface area contributed by atoms with Crippen LogP contribution in [0.1, 0.15) is 16.7 Å². The highest BCUT2D eigenvalue weighted by Gasteiger charge is 2.10. The van der Waals surface area contributed by atoms with E-state index >= 15 is 0 Å². The maximum atomic E-state index is 6.27. The fourth-order valence-corrected chi connectivity index (χ4v) is 2.21. The molecule has 0 amide bonds. The van der Waals surface area contributed by atoms with Crippen molar-refractivity contribution in [1.82, 2.24) is 4.98 Å². The van der Waals surface area contributed by atoms with Gasteiger partial charge in [0.1, 0.15) is 0 Å². The highest BCUT2D eigenvalue weighted by Crippen LogP contribution is 2.32. The number of aryl methyl sites for hydroxylation is 3. The molecule has 1 heterocycles. The van der Waals surface area contributed by atoms with Crippen molar-refractivity contribution in [2.45, 2.75) is 20.8 Å². The van der Waals surface area contributed by atoms with E-state index in [4.69, 9.17) is 11.6 Å². The molecule has 2 aromatic rings. The third-order valence-corrected chi connectivity index (χ3v) is 4.34. The SMILES string of the molecule is Cc1cc2c(Cl)c(C)cnc2c(C)c1Br. The molecule has 0 unspecified atom stereocenters. The minimum atomic E-state index is 0.804. The fourth-order valence-electron chi connectivity index (χ4n) is 1.71. The Labute approximate surface area is 103 Å². The zero-order chi connectivity index (χ0) is 11.2. The summed E-state index contributed by atoms with van der Waals surface area (Å²) in [5.74, 6) is 0. The number of hydrogen-bond acceptors (Lipinski definition) is 1. The number of fused-ring (bicyclic) bond motifs is 1. The number of benzene rings is 1. The number of aromatic nitrogens is 1. The van der Waals surface area contributed by atoms with Gasteiger partial charge in [-0.15, -0.1) is 0 Å². The lowest BCUT2D eigenvalue weighted by molar-refractivity contribution is 1.28. The van der Waals surface area contributed by atoms with Crippen LogP contribution in [0.15, 0.2) is 16.7 Å². The number of pyridine rings is 1. The first kappa shape index (κ1) is 10.9. The number of nitrogens with zero attached hydrogens (tertiary/aromatic N) is 1. The van der Waals surface area contributed by atoms with Crippen molar-refractivity contribution in [3.63, 3.8) is 0 Å². The topological polar surface area (TPSA) is 12.9 Å². The Morgan fingerprint density at radius 1 is 1.20 bits per heavy atom. The highest BCUT2D eigenvalue weighted by atomic mass is 79.9. The zero-order valence-corrected chi connectivity index (χ0v) is 11.2. The van der Waals surface area contributed by atoms with Crippen LogP contribution in [0.5, 0.6) is 0 Å². The molecule has 0 aliphatic rings. The predicted octanol–water partition coefficient (Wildman–Crippen LogP) is 4.58. The van der Waals surface area contributed by atoms with Crippen LogP contribution in [0.3, 0.4) is 0 Å². The van der Waals surface area contributed by atoms with Crippen molar-refractivity contribution in [1.29, 1.82) is 0 Å². The van der Waals surface area contributed by atoms with E-state index in [1.165, 1.54) is 5.56 Å². The molecule has 1 nitrogen and oxygen atoms in total. The van der Waals surface area contributed by atoms with Crippen LogP contribution in [0.25, 0.3) is 10.9 Å². The first-order chi connectivity index (χ1) is 7.02. The van der Waals surface area contributed by atoms with Gasteiger partial charge in [-0.1, -0.05) is 27.5 Å². The summed E-state index contributed by atoms with van der Waals surface area (Å²) in [6.07, 6.45) is 1.82. The van der Waals surface area contributed by atoms with Crippen molar-refractivity contribution in [2.24, 2.45) is 0 Å². The number of rotatable bonds is 0. The average Bonchev–Trinajstić information content (AvgIpc) is 2.21. The molecule has 0 fully saturated rings. The van der Waals surface area contributed by atoms with Crippen LogP contribution in [0.4, 0.5) is 0 Å². The largest absolute Gasteiger partial charge is 0.256 e. The van der Waals surface area contributed by atoms with Crippen LogP contribution in [-0.4, -0.2) is 4.98 Å². The lowest BCUT2D eigenvalue weighted by atomic mass is 10.1. The van der Waals surface area contributed by atoms with Gasteiger partial charge in [-0.05, 0) is 43.5 Å². The zero-order valence-electron chi connectivity index (χ0n) is 8.86. The van der Waals surface area contributed by atoms with E-state index in [1.807, 2.05) is 13.1 Å². The van der Waals surface area contributed by atoms with Crippen molar-refractivity contribution >= 4 is 38.4 Å². The second kappa shape index (κ2) is 3.76. The number of hydrogen-bond donors (Lipinski definition) is 0. The minimum Gasteiger partial charge on any atom is -0.256 e. The third-order valence-electron chi connectivity index (χ3n) is 2.62. The standard InChI is InChI=1S/C12H11BrClN/c1-6-4-9-11(14)7(2)5-15-12(9)8(3)10(6)13/h4-5H,1-3H3. The van der Waals surface area contributed by atoms with Crippen LogP contribution in [0.2, 0.25) is 5.02 Å². The molecule has 0 atom stereocenters. The minimum absolute atomic E-state index is 0.804. The van der Waals surface area contributed by atoms with Crippen molar-refractivity contribution in [3.8, 4) is 0 Å². The molecule has 0 aliphatic heterocycles. The summed E-state index contributed by atoms with van der Waals surface area (Å²) in [5, 5.41) is 1.84. The van der Waals surface area contributed by atoms with Gasteiger partial charge in [-0.25, -0.2) is 0 Å². The molecule has 0 aliphatic carbocycles. The molecule has 1 aromatic carbocycles. The third kappa shape index (κ3) is 1.66. The van der Waals surface area contributed by atoms with Gasteiger partial charge in [-0.3, -0.25) is 4.98 Å². The Hall–Kier alpha value is -0.600. The lowest BCUT2D eigenvalue weighted by Gasteiger charge is -2.09. The first-order valence-corrected chi connectivity index (χ1v) is 5.90. The normalized spacial score (nSPS) is 11.0. The quantitative estimate of drug-likeness (QED) is 0.690. The Bertz CT molecular complexity index is 549. The van der Waals surface area contributed by atoms with Gasteiger partial charge in [0, 0.05) is 16.1 Å². The molecule has 0 spiro atoms. The van der Waals surface area contributed by atoms with E-state index in [0.29, 0.717) is 0 Å². The average molecular weight is 285 g/mol. The van der Waals surface area contributed by atoms with E-state index < -0.39 is 0 Å². The molecule has 3 heteroatoms. The molecule has 0 saturated carbocycles. The van der Waals surface area contributed by atoms with E-state index in [0.717, 1.165) is 31.5 Å². The summed E-state index contributed by atoms with van der Waals surface area (Å²) in [5.41, 5.74) is 4.33. The van der Waals surface area contributed by atoms with Gasteiger partial charge >= 0.3 is 0 Å². The Balaban J connectivity index is 2.98. The highest BCUT2D eigenvalue weighted by molar-refractivity contribution is 9.10. The summed E-state index contributed by atoms with van der Waals surface area (Å²) in [6, 6.07) is 2.08.